The molecule has 2 N–H and O–H groups in total. The highest BCUT2D eigenvalue weighted by Gasteiger charge is 2.15. The van der Waals surface area contributed by atoms with Gasteiger partial charge < -0.3 is 14.8 Å². The average molecular weight is 486 g/mol. The maximum Gasteiger partial charge on any atom is 0.287 e. The van der Waals surface area contributed by atoms with Crippen LogP contribution in [0.1, 0.15) is 48.7 Å². The highest BCUT2D eigenvalue weighted by molar-refractivity contribution is 6.06. The number of hydrogen-bond donors (Lipinski definition) is 2. The molecule has 7 nitrogen and oxygen atoms in total. The Bertz CT molecular complexity index is 1200. The van der Waals surface area contributed by atoms with Crippen molar-refractivity contribution in [2.24, 2.45) is 5.10 Å². The molecule has 186 valence electrons. The molecule has 3 rings (SSSR count). The van der Waals surface area contributed by atoms with Crippen LogP contribution < -0.4 is 20.2 Å². The molecule has 0 atom stereocenters. The first kappa shape index (κ1) is 26.2. The average Bonchev–Trinajstić information content (AvgIpc) is 2.91. The molecule has 0 aromatic heterocycles. The topological polar surface area (TPSA) is 89.0 Å². The fourth-order valence-electron chi connectivity index (χ4n) is 3.21. The lowest BCUT2D eigenvalue weighted by atomic mass is 10.1. The van der Waals surface area contributed by atoms with Gasteiger partial charge in [0.15, 0.2) is 0 Å². The van der Waals surface area contributed by atoms with Gasteiger partial charge in [-0.05, 0) is 86.0 Å². The van der Waals surface area contributed by atoms with E-state index in [2.05, 4.69) is 15.8 Å². The number of benzene rings is 3. The van der Waals surface area contributed by atoms with Crippen LogP contribution in [0.4, 0.5) is 0 Å². The van der Waals surface area contributed by atoms with E-state index in [1.165, 1.54) is 0 Å². The van der Waals surface area contributed by atoms with Crippen LogP contribution in [0.15, 0.2) is 89.7 Å². The molecule has 0 radical (unpaired) electrons. The second-order valence-corrected chi connectivity index (χ2v) is 7.89. The summed E-state index contributed by atoms with van der Waals surface area (Å²) in [5.74, 6) is 0.560. The fraction of sp³-hybridized carbons (Fsp3) is 0.207. The molecule has 3 aromatic rings. The second kappa shape index (κ2) is 13.5. The smallest absolute Gasteiger partial charge is 0.287 e. The number of ether oxygens (including phenoxy) is 2. The van der Waals surface area contributed by atoms with Crippen molar-refractivity contribution in [2.45, 2.75) is 27.2 Å². The number of nitrogens with one attached hydrogen (secondary N) is 2. The van der Waals surface area contributed by atoms with Crippen LogP contribution in [-0.2, 0) is 4.79 Å². The molecule has 7 heteroatoms. The van der Waals surface area contributed by atoms with Gasteiger partial charge in [0.25, 0.3) is 11.8 Å². The lowest BCUT2D eigenvalue weighted by molar-refractivity contribution is -0.117. The predicted molar refractivity (Wildman–Crippen MR) is 142 cm³/mol. The molecule has 36 heavy (non-hydrogen) atoms. The van der Waals surface area contributed by atoms with Crippen LogP contribution in [0.5, 0.6) is 11.5 Å². The Labute approximate surface area is 211 Å². The van der Waals surface area contributed by atoms with Gasteiger partial charge in [-0.2, -0.15) is 5.10 Å². The quantitative estimate of drug-likeness (QED) is 0.222. The maximum absolute atomic E-state index is 13.1. The molecule has 0 heterocycles. The third-order valence-electron chi connectivity index (χ3n) is 5.10. The zero-order chi connectivity index (χ0) is 25.8. The van der Waals surface area contributed by atoms with Gasteiger partial charge in [-0.25, -0.2) is 5.43 Å². The van der Waals surface area contributed by atoms with Gasteiger partial charge >= 0.3 is 0 Å². The second-order valence-electron chi connectivity index (χ2n) is 7.89. The Morgan fingerprint density at radius 1 is 0.833 bits per heavy atom. The number of rotatable bonds is 11. The number of nitrogens with zero attached hydrogens (tertiary/aromatic N) is 1. The maximum atomic E-state index is 13.1. The highest BCUT2D eigenvalue weighted by atomic mass is 16.5. The summed E-state index contributed by atoms with van der Waals surface area (Å²) < 4.78 is 11.1. The van der Waals surface area contributed by atoms with Gasteiger partial charge in [0.05, 0.1) is 18.9 Å². The minimum Gasteiger partial charge on any atom is -0.494 e. The summed E-state index contributed by atoms with van der Waals surface area (Å²) in [7, 11) is 0. The van der Waals surface area contributed by atoms with Crippen LogP contribution in [-0.4, -0.2) is 30.7 Å². The Morgan fingerprint density at radius 2 is 1.47 bits per heavy atom. The van der Waals surface area contributed by atoms with Crippen molar-refractivity contribution >= 4 is 23.6 Å². The van der Waals surface area contributed by atoms with E-state index >= 15 is 0 Å². The summed E-state index contributed by atoms with van der Waals surface area (Å²) in [5, 5.41) is 6.93. The van der Waals surface area contributed by atoms with E-state index in [0.29, 0.717) is 24.5 Å². The minimum absolute atomic E-state index is 0.0642. The molecule has 0 fully saturated rings. The van der Waals surface area contributed by atoms with Gasteiger partial charge in [-0.15, -0.1) is 0 Å². The van der Waals surface area contributed by atoms with E-state index in [0.717, 1.165) is 29.0 Å². The number of amides is 2. The molecule has 0 bridgehead atoms. The fourth-order valence-corrected chi connectivity index (χ4v) is 3.21. The molecule has 3 aromatic carbocycles. The van der Waals surface area contributed by atoms with E-state index < -0.39 is 11.8 Å². The van der Waals surface area contributed by atoms with Crippen molar-refractivity contribution in [1.82, 2.24) is 10.7 Å². The standard InChI is InChI=1S/C29H31N3O4/c1-4-19-36-26-15-11-22(12-16-26)20-27(30-28(33)24-9-7-6-8-10-24)29(34)32-31-21(3)23-13-17-25(18-14-23)35-5-2/h6-18,20H,4-5,19H2,1-3H3,(H,30,33)(H,32,34). The van der Waals surface area contributed by atoms with Crippen LogP contribution in [0, 0.1) is 0 Å². The molecule has 0 spiro atoms. The van der Waals surface area contributed by atoms with Crippen molar-refractivity contribution in [3.05, 3.63) is 101 Å². The molecule has 2 amide bonds. The first-order chi connectivity index (χ1) is 17.5. The highest BCUT2D eigenvalue weighted by Crippen LogP contribution is 2.15. The van der Waals surface area contributed by atoms with E-state index in [1.807, 2.05) is 68.4 Å². The van der Waals surface area contributed by atoms with Crippen molar-refractivity contribution in [3.8, 4) is 11.5 Å². The third-order valence-corrected chi connectivity index (χ3v) is 5.10. The number of hydrogen-bond acceptors (Lipinski definition) is 5. The summed E-state index contributed by atoms with van der Waals surface area (Å²) in [6.45, 7) is 6.96. The van der Waals surface area contributed by atoms with Crippen molar-refractivity contribution < 1.29 is 19.1 Å². The summed E-state index contributed by atoms with van der Waals surface area (Å²) in [5.41, 5.74) is 5.22. The molecular weight excluding hydrogens is 454 g/mol. The monoisotopic (exact) mass is 485 g/mol. The van der Waals surface area contributed by atoms with E-state index in [4.69, 9.17) is 9.47 Å². The SMILES string of the molecule is CCCOc1ccc(C=C(NC(=O)c2ccccc2)C(=O)NN=C(C)c2ccc(OCC)cc2)cc1. The van der Waals surface area contributed by atoms with Crippen molar-refractivity contribution in [1.29, 1.82) is 0 Å². The van der Waals surface area contributed by atoms with Gasteiger partial charge in [0.1, 0.15) is 17.2 Å². The predicted octanol–water partition coefficient (Wildman–Crippen LogP) is 5.19. The summed E-state index contributed by atoms with van der Waals surface area (Å²) in [6.07, 6.45) is 2.51. The number of carbonyl (C=O) groups excluding carboxylic acids is 2. The Balaban J connectivity index is 1.79. The number of hydrazone groups is 1. The van der Waals surface area contributed by atoms with E-state index in [1.54, 1.807) is 37.3 Å². The Kier molecular flexibility index (Phi) is 9.82. The van der Waals surface area contributed by atoms with E-state index in [-0.39, 0.29) is 5.70 Å². The largest absolute Gasteiger partial charge is 0.494 e. The van der Waals surface area contributed by atoms with Crippen molar-refractivity contribution in [2.75, 3.05) is 13.2 Å². The van der Waals surface area contributed by atoms with Crippen LogP contribution >= 0.6 is 0 Å². The van der Waals surface area contributed by atoms with E-state index in [9.17, 15) is 9.59 Å². The summed E-state index contributed by atoms with van der Waals surface area (Å²) in [4.78, 5) is 25.8. The molecule has 0 saturated carbocycles. The molecule has 0 unspecified atom stereocenters. The van der Waals surface area contributed by atoms with Gasteiger partial charge in [-0.1, -0.05) is 37.3 Å². The van der Waals surface area contributed by atoms with Crippen molar-refractivity contribution in [3.63, 3.8) is 0 Å². The van der Waals surface area contributed by atoms with Crippen LogP contribution in [0.3, 0.4) is 0 Å². The normalized spacial score (nSPS) is 11.5. The molecule has 0 aliphatic rings. The minimum atomic E-state index is -0.545. The molecule has 0 aliphatic carbocycles. The van der Waals surface area contributed by atoms with Crippen LogP contribution in [0.25, 0.3) is 6.08 Å². The summed E-state index contributed by atoms with van der Waals surface area (Å²) in [6, 6.07) is 23.4. The Morgan fingerprint density at radius 3 is 2.11 bits per heavy atom. The number of carbonyl (C=O) groups is 2. The zero-order valence-corrected chi connectivity index (χ0v) is 20.8. The first-order valence-corrected chi connectivity index (χ1v) is 11.9. The lowest BCUT2D eigenvalue weighted by Gasteiger charge is -2.10. The third kappa shape index (κ3) is 7.84. The van der Waals surface area contributed by atoms with Gasteiger partial charge in [0.2, 0.25) is 0 Å². The zero-order valence-electron chi connectivity index (χ0n) is 20.8. The Hall–Kier alpha value is -4.39. The molecule has 0 aliphatic heterocycles. The van der Waals surface area contributed by atoms with Gasteiger partial charge in [0, 0.05) is 5.56 Å². The summed E-state index contributed by atoms with van der Waals surface area (Å²) >= 11 is 0. The molecule has 0 saturated heterocycles. The van der Waals surface area contributed by atoms with Crippen LogP contribution in [0.2, 0.25) is 0 Å². The van der Waals surface area contributed by atoms with Gasteiger partial charge in [-0.3, -0.25) is 9.59 Å². The first-order valence-electron chi connectivity index (χ1n) is 11.9. The lowest BCUT2D eigenvalue weighted by Crippen LogP contribution is -2.33. The molecular formula is C29H31N3O4.